The van der Waals surface area contributed by atoms with Crippen molar-refractivity contribution in [2.24, 2.45) is 5.92 Å². The average molecular weight is 380 g/mol. The number of hydrogen-bond acceptors (Lipinski definition) is 3. The minimum atomic E-state index is -1.03. The SMILES string of the molecule is Cc1ccccc1C1CCN(c2ccc(NC(=O)CC(C)C)c(C(=O)O)c2)C1. The molecule has 5 heteroatoms. The van der Waals surface area contributed by atoms with Crippen molar-refractivity contribution in [3.8, 4) is 0 Å². The highest BCUT2D eigenvalue weighted by molar-refractivity contribution is 6.01. The molecule has 2 aromatic carbocycles. The van der Waals surface area contributed by atoms with Crippen LogP contribution in [0.5, 0.6) is 0 Å². The molecule has 148 valence electrons. The molecule has 2 aromatic rings. The van der Waals surface area contributed by atoms with E-state index in [-0.39, 0.29) is 17.4 Å². The van der Waals surface area contributed by atoms with Gasteiger partial charge in [-0.3, -0.25) is 4.79 Å². The Morgan fingerprint density at radius 1 is 1.21 bits per heavy atom. The monoisotopic (exact) mass is 380 g/mol. The van der Waals surface area contributed by atoms with E-state index >= 15 is 0 Å². The Kier molecular flexibility index (Phi) is 6.02. The van der Waals surface area contributed by atoms with Crippen LogP contribution in [0, 0.1) is 12.8 Å². The fraction of sp³-hybridized carbons (Fsp3) is 0.391. The number of nitrogens with zero attached hydrogens (tertiary/aromatic N) is 1. The molecule has 1 amide bonds. The summed E-state index contributed by atoms with van der Waals surface area (Å²) in [5.74, 6) is -0.530. The Morgan fingerprint density at radius 3 is 2.64 bits per heavy atom. The summed E-state index contributed by atoms with van der Waals surface area (Å²) in [4.78, 5) is 26.0. The molecule has 0 radical (unpaired) electrons. The lowest BCUT2D eigenvalue weighted by Crippen LogP contribution is -2.21. The molecular weight excluding hydrogens is 352 g/mol. The summed E-state index contributed by atoms with van der Waals surface area (Å²) in [6.07, 6.45) is 1.41. The van der Waals surface area contributed by atoms with Crippen LogP contribution in [0.1, 0.15) is 54.1 Å². The van der Waals surface area contributed by atoms with Gasteiger partial charge in [0.2, 0.25) is 5.91 Å². The highest BCUT2D eigenvalue weighted by Crippen LogP contribution is 2.33. The molecule has 1 heterocycles. The maximum absolute atomic E-state index is 12.1. The van der Waals surface area contributed by atoms with Crippen LogP contribution in [0.3, 0.4) is 0 Å². The first-order valence-corrected chi connectivity index (χ1v) is 9.82. The first-order valence-electron chi connectivity index (χ1n) is 9.82. The zero-order valence-corrected chi connectivity index (χ0v) is 16.7. The number of carbonyl (C=O) groups is 2. The van der Waals surface area contributed by atoms with E-state index < -0.39 is 5.97 Å². The molecule has 1 aliphatic rings. The van der Waals surface area contributed by atoms with E-state index in [0.29, 0.717) is 18.0 Å². The van der Waals surface area contributed by atoms with Gasteiger partial charge in [-0.25, -0.2) is 4.79 Å². The summed E-state index contributed by atoms with van der Waals surface area (Å²) in [6, 6.07) is 13.7. The number of aryl methyl sites for hydroxylation is 1. The van der Waals surface area contributed by atoms with E-state index in [9.17, 15) is 14.7 Å². The number of carboxylic acids is 1. The second-order valence-corrected chi connectivity index (χ2v) is 7.97. The lowest BCUT2D eigenvalue weighted by molar-refractivity contribution is -0.116. The number of nitrogens with one attached hydrogen (secondary N) is 1. The molecule has 1 saturated heterocycles. The van der Waals surface area contributed by atoms with Gasteiger partial charge in [-0.1, -0.05) is 38.1 Å². The van der Waals surface area contributed by atoms with E-state index in [4.69, 9.17) is 0 Å². The van der Waals surface area contributed by atoms with Crippen LogP contribution in [0.25, 0.3) is 0 Å². The van der Waals surface area contributed by atoms with Gasteiger partial charge in [0.1, 0.15) is 0 Å². The molecule has 0 bridgehead atoms. The van der Waals surface area contributed by atoms with Crippen LogP contribution in [-0.2, 0) is 4.79 Å². The Bertz CT molecular complexity index is 876. The van der Waals surface area contributed by atoms with E-state index in [1.807, 2.05) is 19.9 Å². The molecule has 1 unspecified atom stereocenters. The van der Waals surface area contributed by atoms with Crippen molar-refractivity contribution in [2.75, 3.05) is 23.3 Å². The highest BCUT2D eigenvalue weighted by Gasteiger charge is 2.26. The van der Waals surface area contributed by atoms with Gasteiger partial charge in [0.25, 0.3) is 0 Å². The van der Waals surface area contributed by atoms with Crippen LogP contribution >= 0.6 is 0 Å². The lowest BCUT2D eigenvalue weighted by Gasteiger charge is -2.21. The van der Waals surface area contributed by atoms with Crippen molar-refractivity contribution in [3.05, 3.63) is 59.2 Å². The third kappa shape index (κ3) is 4.53. The van der Waals surface area contributed by atoms with Crippen molar-refractivity contribution in [1.29, 1.82) is 0 Å². The second kappa shape index (κ2) is 8.46. The lowest BCUT2D eigenvalue weighted by atomic mass is 9.94. The molecule has 3 rings (SSSR count). The predicted molar refractivity (Wildman–Crippen MR) is 112 cm³/mol. The van der Waals surface area contributed by atoms with Crippen LogP contribution < -0.4 is 10.2 Å². The van der Waals surface area contributed by atoms with Crippen LogP contribution in [0.15, 0.2) is 42.5 Å². The van der Waals surface area contributed by atoms with Crippen LogP contribution in [0.4, 0.5) is 11.4 Å². The Morgan fingerprint density at radius 2 is 1.96 bits per heavy atom. The van der Waals surface area contributed by atoms with Gasteiger partial charge < -0.3 is 15.3 Å². The molecule has 0 aliphatic carbocycles. The zero-order valence-electron chi connectivity index (χ0n) is 16.7. The molecule has 0 spiro atoms. The van der Waals surface area contributed by atoms with Crippen molar-refractivity contribution in [2.45, 2.75) is 39.5 Å². The molecule has 5 nitrogen and oxygen atoms in total. The standard InChI is InChI=1S/C23H28N2O3/c1-15(2)12-22(26)24-21-9-8-18(13-20(21)23(27)28)25-11-10-17(14-25)19-7-5-4-6-16(19)3/h4-9,13,15,17H,10-12,14H2,1-3H3,(H,24,26)(H,27,28). The third-order valence-corrected chi connectivity index (χ3v) is 5.28. The van der Waals surface area contributed by atoms with Gasteiger partial charge in [0, 0.05) is 31.1 Å². The van der Waals surface area contributed by atoms with Crippen molar-refractivity contribution in [1.82, 2.24) is 0 Å². The van der Waals surface area contributed by atoms with Crippen molar-refractivity contribution >= 4 is 23.3 Å². The largest absolute Gasteiger partial charge is 0.478 e. The number of benzene rings is 2. The van der Waals surface area contributed by atoms with Gasteiger partial charge in [-0.2, -0.15) is 0 Å². The maximum atomic E-state index is 12.1. The molecule has 0 saturated carbocycles. The smallest absolute Gasteiger partial charge is 0.337 e. The topological polar surface area (TPSA) is 69.6 Å². The van der Waals surface area contributed by atoms with E-state index in [1.165, 1.54) is 11.1 Å². The summed E-state index contributed by atoms with van der Waals surface area (Å²) >= 11 is 0. The number of amides is 1. The molecule has 28 heavy (non-hydrogen) atoms. The number of carbonyl (C=O) groups excluding carboxylic acids is 1. The van der Waals surface area contributed by atoms with E-state index in [0.717, 1.165) is 25.2 Å². The Balaban J connectivity index is 1.78. The summed E-state index contributed by atoms with van der Waals surface area (Å²) in [7, 11) is 0. The Hall–Kier alpha value is -2.82. The fourth-order valence-corrected chi connectivity index (χ4v) is 3.88. The van der Waals surface area contributed by atoms with Crippen LogP contribution in [-0.4, -0.2) is 30.1 Å². The second-order valence-electron chi connectivity index (χ2n) is 7.97. The quantitative estimate of drug-likeness (QED) is 0.764. The van der Waals surface area contributed by atoms with Gasteiger partial charge in [0.15, 0.2) is 0 Å². The van der Waals surface area contributed by atoms with Gasteiger partial charge in [-0.15, -0.1) is 0 Å². The molecular formula is C23H28N2O3. The molecule has 0 aromatic heterocycles. The predicted octanol–water partition coefficient (Wildman–Crippen LogP) is 4.67. The molecule has 2 N–H and O–H groups in total. The van der Waals surface area contributed by atoms with E-state index in [2.05, 4.69) is 41.4 Å². The van der Waals surface area contributed by atoms with Crippen molar-refractivity contribution in [3.63, 3.8) is 0 Å². The average Bonchev–Trinajstić information content (AvgIpc) is 3.11. The number of hydrogen-bond donors (Lipinski definition) is 2. The first-order chi connectivity index (χ1) is 13.3. The summed E-state index contributed by atoms with van der Waals surface area (Å²) in [5.41, 5.74) is 4.03. The number of rotatable bonds is 6. The zero-order chi connectivity index (χ0) is 20.3. The number of aromatic carboxylic acids is 1. The normalized spacial score (nSPS) is 16.4. The number of anilines is 2. The summed E-state index contributed by atoms with van der Waals surface area (Å²) in [5, 5.41) is 12.4. The Labute approximate surface area is 166 Å². The minimum Gasteiger partial charge on any atom is -0.478 e. The summed E-state index contributed by atoms with van der Waals surface area (Å²) in [6.45, 7) is 7.80. The highest BCUT2D eigenvalue weighted by atomic mass is 16.4. The first kappa shape index (κ1) is 19.9. The van der Waals surface area contributed by atoms with Gasteiger partial charge in [-0.05, 0) is 48.6 Å². The third-order valence-electron chi connectivity index (χ3n) is 5.28. The van der Waals surface area contributed by atoms with Gasteiger partial charge in [0.05, 0.1) is 11.3 Å². The van der Waals surface area contributed by atoms with Crippen LogP contribution in [0.2, 0.25) is 0 Å². The minimum absolute atomic E-state index is 0.133. The number of carboxylic acid groups (broad SMARTS) is 1. The fourth-order valence-electron chi connectivity index (χ4n) is 3.88. The molecule has 1 aliphatic heterocycles. The summed E-state index contributed by atoms with van der Waals surface area (Å²) < 4.78 is 0. The molecule has 1 fully saturated rings. The van der Waals surface area contributed by atoms with Gasteiger partial charge >= 0.3 is 5.97 Å². The molecule has 1 atom stereocenters. The van der Waals surface area contributed by atoms with E-state index in [1.54, 1.807) is 12.1 Å². The maximum Gasteiger partial charge on any atom is 0.337 e. The van der Waals surface area contributed by atoms with Crippen molar-refractivity contribution < 1.29 is 14.7 Å².